The highest BCUT2D eigenvalue weighted by Crippen LogP contribution is 2.33. The minimum Gasteiger partial charge on any atom is -0.441 e. The fraction of sp³-hybridized carbons (Fsp3) is 0.542. The van der Waals surface area contributed by atoms with Crippen molar-refractivity contribution >= 4 is 19.1 Å². The van der Waals surface area contributed by atoms with Gasteiger partial charge in [0.25, 0.3) is 11.8 Å². The Morgan fingerprint density at radius 1 is 1.32 bits per heavy atom. The number of likely N-dealkylation sites (tertiary alicyclic amines) is 2. The van der Waals surface area contributed by atoms with Crippen LogP contribution in [0.4, 0.5) is 18.0 Å². The second kappa shape index (κ2) is 11.5. The second-order valence-electron chi connectivity index (χ2n) is 9.88. The summed E-state index contributed by atoms with van der Waals surface area (Å²) in [6.07, 6.45) is -3.13. The number of amides is 2. The van der Waals surface area contributed by atoms with Crippen LogP contribution in [0.5, 0.6) is 0 Å². The Hall–Kier alpha value is -3.08. The molecule has 1 aromatic carbocycles. The first-order valence-electron chi connectivity index (χ1n) is 11.9. The molecule has 37 heavy (non-hydrogen) atoms. The fourth-order valence-corrected chi connectivity index (χ4v) is 4.42. The molecular weight excluding hydrogens is 492 g/mol. The fourth-order valence-electron chi connectivity index (χ4n) is 4.42. The number of rotatable bonds is 8. The van der Waals surface area contributed by atoms with Gasteiger partial charge in [-0.15, -0.1) is 0 Å². The van der Waals surface area contributed by atoms with Crippen molar-refractivity contribution in [1.29, 1.82) is 5.26 Å². The molecule has 2 aliphatic heterocycles. The first-order chi connectivity index (χ1) is 17.3. The highest BCUT2D eigenvalue weighted by atomic mass is 19.3. The van der Waals surface area contributed by atoms with Gasteiger partial charge in [0.1, 0.15) is 11.6 Å². The molecule has 13 heteroatoms. The Balaban J connectivity index is 1.61. The van der Waals surface area contributed by atoms with E-state index in [1.807, 2.05) is 0 Å². The number of nitrogens with one attached hydrogen (secondary N) is 1. The van der Waals surface area contributed by atoms with Gasteiger partial charge in [0.2, 0.25) is 0 Å². The van der Waals surface area contributed by atoms with Crippen LogP contribution in [0, 0.1) is 11.3 Å². The lowest BCUT2D eigenvalue weighted by Crippen LogP contribution is -2.49. The number of benzene rings is 1. The van der Waals surface area contributed by atoms with Crippen LogP contribution in [-0.4, -0.2) is 94.8 Å². The number of carbonyl (C=O) groups excluding carboxylic acids is 2. The monoisotopic (exact) mass is 522 g/mol. The van der Waals surface area contributed by atoms with Crippen LogP contribution in [0.1, 0.15) is 25.8 Å². The van der Waals surface area contributed by atoms with E-state index in [0.717, 1.165) is 10.5 Å². The molecule has 0 spiro atoms. The molecule has 3 N–H and O–H groups in total. The van der Waals surface area contributed by atoms with Crippen LogP contribution in [0.25, 0.3) is 0 Å². The lowest BCUT2D eigenvalue weighted by Gasteiger charge is -2.33. The maximum atomic E-state index is 14.6. The van der Waals surface area contributed by atoms with Crippen LogP contribution in [0.15, 0.2) is 42.0 Å². The van der Waals surface area contributed by atoms with Crippen LogP contribution < -0.4 is 5.32 Å². The summed E-state index contributed by atoms with van der Waals surface area (Å²) in [5, 5.41) is 31.1. The molecule has 0 radical (unpaired) electrons. The van der Waals surface area contributed by atoms with Crippen LogP contribution in [-0.2, 0) is 16.0 Å². The van der Waals surface area contributed by atoms with Gasteiger partial charge in [0.15, 0.2) is 12.3 Å². The summed E-state index contributed by atoms with van der Waals surface area (Å²) >= 11 is 0. The molecule has 2 aliphatic rings. The van der Waals surface area contributed by atoms with Gasteiger partial charge in [-0.05, 0) is 31.9 Å². The molecule has 2 fully saturated rings. The number of halogens is 3. The molecule has 2 heterocycles. The molecule has 2 saturated heterocycles. The molecule has 200 valence electrons. The van der Waals surface area contributed by atoms with Crippen molar-refractivity contribution in [3.8, 4) is 6.07 Å². The number of carbonyl (C=O) groups is 2. The maximum absolute atomic E-state index is 14.6. The quantitative estimate of drug-likeness (QED) is 0.268. The average Bonchev–Trinajstić information content (AvgIpc) is 3.39. The summed E-state index contributed by atoms with van der Waals surface area (Å²) < 4.78 is 47.1. The molecular formula is C24H30BF3N4O5. The van der Waals surface area contributed by atoms with Gasteiger partial charge in [0.05, 0.1) is 25.6 Å². The third-order valence-electron chi connectivity index (χ3n) is 6.54. The third kappa shape index (κ3) is 7.47. The van der Waals surface area contributed by atoms with E-state index >= 15 is 0 Å². The topological polar surface area (TPSA) is 126 Å². The number of hydrogen-bond acceptors (Lipinski definition) is 7. The third-order valence-corrected chi connectivity index (χ3v) is 6.54. The number of hydrogen-bond donors (Lipinski definition) is 3. The van der Waals surface area contributed by atoms with Gasteiger partial charge in [-0.3, -0.25) is 9.69 Å². The van der Waals surface area contributed by atoms with E-state index in [-0.39, 0.29) is 31.5 Å². The van der Waals surface area contributed by atoms with Gasteiger partial charge in [0, 0.05) is 18.5 Å². The van der Waals surface area contributed by atoms with Crippen molar-refractivity contribution in [2.24, 2.45) is 0 Å². The number of nitrogens with zero attached hydrogens (tertiary/aromatic N) is 3. The van der Waals surface area contributed by atoms with Crippen LogP contribution in [0.2, 0.25) is 0 Å². The minimum absolute atomic E-state index is 0.0804. The van der Waals surface area contributed by atoms with Crippen LogP contribution >= 0.6 is 0 Å². The Kier molecular flexibility index (Phi) is 8.89. The average molecular weight is 522 g/mol. The summed E-state index contributed by atoms with van der Waals surface area (Å²) in [4.78, 5) is 27.8. The number of nitriles is 1. The Morgan fingerprint density at radius 3 is 2.57 bits per heavy atom. The predicted octanol–water partition coefficient (Wildman–Crippen LogP) is 1.45. The lowest BCUT2D eigenvalue weighted by atomic mass is 9.76. The molecule has 3 rings (SSSR count). The molecule has 0 bridgehead atoms. The molecule has 0 aliphatic carbocycles. The molecule has 0 unspecified atom stereocenters. The minimum atomic E-state index is -2.85. The zero-order chi connectivity index (χ0) is 27.4. The largest absolute Gasteiger partial charge is 0.475 e. The smallest absolute Gasteiger partial charge is 0.441 e. The van der Waals surface area contributed by atoms with Crippen LogP contribution in [0.3, 0.4) is 0 Å². The van der Waals surface area contributed by atoms with E-state index in [4.69, 9.17) is 4.74 Å². The van der Waals surface area contributed by atoms with E-state index in [9.17, 15) is 38.1 Å². The Morgan fingerprint density at radius 2 is 2.00 bits per heavy atom. The second-order valence-corrected chi connectivity index (χ2v) is 9.88. The Bertz CT molecular complexity index is 1050. The van der Waals surface area contributed by atoms with Crippen molar-refractivity contribution in [2.45, 2.75) is 56.4 Å². The van der Waals surface area contributed by atoms with E-state index in [1.165, 1.54) is 11.0 Å². The van der Waals surface area contributed by atoms with Crippen molar-refractivity contribution in [3.05, 3.63) is 47.5 Å². The Labute approximate surface area is 213 Å². The van der Waals surface area contributed by atoms with Gasteiger partial charge >= 0.3 is 13.2 Å². The molecule has 0 saturated carbocycles. The first-order valence-corrected chi connectivity index (χ1v) is 11.9. The van der Waals surface area contributed by atoms with Gasteiger partial charge < -0.3 is 25.0 Å². The predicted molar refractivity (Wildman–Crippen MR) is 128 cm³/mol. The lowest BCUT2D eigenvalue weighted by molar-refractivity contribution is -0.126. The molecule has 2 amide bonds. The van der Waals surface area contributed by atoms with E-state index in [1.54, 1.807) is 50.2 Å². The highest BCUT2D eigenvalue weighted by molar-refractivity contribution is 6.43. The highest BCUT2D eigenvalue weighted by Gasteiger charge is 2.44. The zero-order valence-electron chi connectivity index (χ0n) is 20.6. The maximum Gasteiger partial charge on any atom is 0.475 e. The summed E-state index contributed by atoms with van der Waals surface area (Å²) in [5.74, 6) is -4.78. The number of alkyl carbamates (subject to hydrolysis) is 1. The van der Waals surface area contributed by atoms with E-state index in [2.05, 4.69) is 5.32 Å². The van der Waals surface area contributed by atoms with E-state index in [0.29, 0.717) is 0 Å². The summed E-state index contributed by atoms with van der Waals surface area (Å²) in [6, 6.07) is 10.5. The van der Waals surface area contributed by atoms with Crippen molar-refractivity contribution in [2.75, 3.05) is 26.2 Å². The molecule has 9 nitrogen and oxygen atoms in total. The number of alkyl halides is 3. The normalized spacial score (nSPS) is 22.9. The standard InChI is InChI=1S/C24H30BF3N4O5/c1-23(2,32-9-8-24(27,28)15-32)11-17(12-29)21(33)31-13-18(26)19(14-31)37-22(34)30-20(25(35)36)10-16-6-4-3-5-7-16/h3-7,11,18-20,35-36H,8-10,13-15H2,1-2H3,(H,30,34)/b17-11+/t18-,19-,20-/m0/s1. The SMILES string of the molecule is CC(C)(/C=C(\C#N)C(=O)N1C[C@H](OC(=O)N[C@@H](Cc2ccccc2)B(O)O)[C@@H](F)C1)N1CCC(F)(F)C1. The summed E-state index contributed by atoms with van der Waals surface area (Å²) in [7, 11) is -1.90. The zero-order valence-corrected chi connectivity index (χ0v) is 20.6. The summed E-state index contributed by atoms with van der Waals surface area (Å²) in [5.41, 5.74) is -0.633. The van der Waals surface area contributed by atoms with Crippen molar-refractivity contribution in [1.82, 2.24) is 15.1 Å². The van der Waals surface area contributed by atoms with Gasteiger partial charge in [-0.1, -0.05) is 30.3 Å². The summed E-state index contributed by atoms with van der Waals surface area (Å²) in [6.45, 7) is 2.04. The molecule has 0 aromatic heterocycles. The molecule has 1 aromatic rings. The molecule has 3 atom stereocenters. The van der Waals surface area contributed by atoms with Gasteiger partial charge in [-0.25, -0.2) is 18.0 Å². The van der Waals surface area contributed by atoms with Crippen molar-refractivity contribution < 1.29 is 37.5 Å². The number of ether oxygens (including phenoxy) is 1. The van der Waals surface area contributed by atoms with E-state index < -0.39 is 61.9 Å². The first kappa shape index (κ1) is 28.5. The van der Waals surface area contributed by atoms with Crippen molar-refractivity contribution in [3.63, 3.8) is 0 Å². The van der Waals surface area contributed by atoms with Gasteiger partial charge in [-0.2, -0.15) is 5.26 Å².